The number of benzene rings is 1. The van der Waals surface area contributed by atoms with E-state index in [0.29, 0.717) is 6.33 Å². The first-order valence-electron chi connectivity index (χ1n) is 13.0. The number of hydrogen-bond donors (Lipinski definition) is 0. The summed E-state index contributed by atoms with van der Waals surface area (Å²) in [5.74, 6) is 0. The van der Waals surface area contributed by atoms with Crippen LogP contribution < -0.4 is 0 Å². The quantitative estimate of drug-likeness (QED) is 0.224. The molecule has 0 N–H and O–H groups in total. The van der Waals surface area contributed by atoms with Crippen LogP contribution in [-0.4, -0.2) is 11.2 Å². The van der Waals surface area contributed by atoms with Gasteiger partial charge in [-0.3, -0.25) is 0 Å². The van der Waals surface area contributed by atoms with Gasteiger partial charge >= 0.3 is 0 Å². The number of hydrogen-bond acceptors (Lipinski definition) is 2. The molecule has 0 atom stereocenters. The molecule has 0 spiro atoms. The summed E-state index contributed by atoms with van der Waals surface area (Å²) in [6, 6.07) is 6.71. The Morgan fingerprint density at radius 3 is 2.31 bits per heavy atom. The second kappa shape index (κ2) is 13.2. The van der Waals surface area contributed by atoms with Gasteiger partial charge in [0.1, 0.15) is 0 Å². The van der Waals surface area contributed by atoms with Crippen LogP contribution in [0.5, 0.6) is 0 Å². The predicted octanol–water partition coefficient (Wildman–Crippen LogP) is 9.89. The van der Waals surface area contributed by atoms with Gasteiger partial charge in [-0.2, -0.15) is 0 Å². The molecule has 1 aliphatic heterocycles. The van der Waals surface area contributed by atoms with Crippen LogP contribution in [0.1, 0.15) is 83.9 Å². The lowest BCUT2D eigenvalue weighted by atomic mass is 9.67. The van der Waals surface area contributed by atoms with Crippen molar-refractivity contribution in [3.05, 3.63) is 113 Å². The van der Waals surface area contributed by atoms with Crippen LogP contribution in [0.15, 0.2) is 101 Å². The summed E-state index contributed by atoms with van der Waals surface area (Å²) < 4.78 is 12.6. The number of halogens is 1. The van der Waals surface area contributed by atoms with E-state index in [2.05, 4.69) is 66.0 Å². The highest BCUT2D eigenvalue weighted by Crippen LogP contribution is 2.42. The van der Waals surface area contributed by atoms with Gasteiger partial charge in [0, 0.05) is 16.8 Å². The van der Waals surface area contributed by atoms with Gasteiger partial charge in [-0.1, -0.05) is 69.7 Å². The highest BCUT2D eigenvalue weighted by Gasteiger charge is 2.32. The Balaban J connectivity index is 2.42. The van der Waals surface area contributed by atoms with Crippen molar-refractivity contribution in [3.63, 3.8) is 0 Å². The number of nitrogens with zero attached hydrogens (tertiary/aromatic N) is 2. The van der Waals surface area contributed by atoms with E-state index in [1.807, 2.05) is 37.0 Å². The average Bonchev–Trinajstić information content (AvgIpc) is 2.84. The van der Waals surface area contributed by atoms with Crippen molar-refractivity contribution >= 4 is 11.9 Å². The van der Waals surface area contributed by atoms with Crippen LogP contribution in [0.3, 0.4) is 0 Å². The summed E-state index contributed by atoms with van der Waals surface area (Å²) >= 11 is 0. The van der Waals surface area contributed by atoms with Gasteiger partial charge in [0.15, 0.2) is 0 Å². The van der Waals surface area contributed by atoms with Gasteiger partial charge < -0.3 is 4.90 Å². The van der Waals surface area contributed by atoms with Crippen LogP contribution in [0, 0.1) is 6.92 Å². The normalized spacial score (nSPS) is 16.2. The molecule has 0 radical (unpaired) electrons. The Kier molecular flexibility index (Phi) is 10.6. The molecule has 1 aromatic rings. The van der Waals surface area contributed by atoms with Gasteiger partial charge in [0.25, 0.3) is 0 Å². The molecule has 0 aliphatic carbocycles. The minimum absolute atomic E-state index is 0.0228. The van der Waals surface area contributed by atoms with E-state index < -0.39 is 0 Å². The van der Waals surface area contributed by atoms with Gasteiger partial charge in [-0.25, -0.2) is 9.38 Å². The van der Waals surface area contributed by atoms with E-state index in [0.717, 1.165) is 59.5 Å². The third-order valence-corrected chi connectivity index (χ3v) is 7.15. The van der Waals surface area contributed by atoms with E-state index in [1.54, 1.807) is 12.4 Å². The molecule has 0 unspecified atom stereocenters. The standard InChI is InChI=1S/C33H43FN2/c1-10-14-30(15-13-20-34)36-23-35-32(27(8)28(36)9)22-25(6)29-16-17-31(26(7)21-29)33(18-11-2,19-12-3)24(4)5/h10,13-17,20-23H,4,6,11-12,18-19H2,1-3,5,7-9H3/b14-10-,20-13-,30-15+,32-22+. The minimum atomic E-state index is 0.0228. The van der Waals surface area contributed by atoms with Crippen LogP contribution in [-0.2, 0) is 5.41 Å². The number of aliphatic imine (C=N–C) groups is 1. The SMILES string of the molecule is C=C(/C=C1/N=CN(C(/C=C\C)=C/C=C\F)C(C)=C1C)c1ccc(C(CCC)(CCC)C(=C)C)c(C)c1. The molecular formula is C33H43FN2. The molecule has 0 aromatic heterocycles. The molecule has 192 valence electrons. The van der Waals surface area contributed by atoms with Gasteiger partial charge in [0.2, 0.25) is 0 Å². The Morgan fingerprint density at radius 1 is 1.11 bits per heavy atom. The average molecular weight is 487 g/mol. The molecule has 2 nitrogen and oxygen atoms in total. The van der Waals surface area contributed by atoms with Crippen molar-refractivity contribution < 1.29 is 4.39 Å². The molecule has 2 rings (SSSR count). The van der Waals surface area contributed by atoms with Crippen molar-refractivity contribution in [3.8, 4) is 0 Å². The van der Waals surface area contributed by atoms with Crippen LogP contribution in [0.2, 0.25) is 0 Å². The summed E-state index contributed by atoms with van der Waals surface area (Å²) in [5, 5.41) is 0. The number of aryl methyl sites for hydroxylation is 1. The smallest absolute Gasteiger partial charge is 0.1000 e. The molecular weight excluding hydrogens is 443 g/mol. The topological polar surface area (TPSA) is 15.6 Å². The fourth-order valence-corrected chi connectivity index (χ4v) is 5.15. The van der Waals surface area contributed by atoms with E-state index in [-0.39, 0.29) is 5.41 Å². The van der Waals surface area contributed by atoms with Crippen molar-refractivity contribution in [1.82, 2.24) is 4.90 Å². The van der Waals surface area contributed by atoms with Crippen LogP contribution >= 0.6 is 0 Å². The lowest BCUT2D eigenvalue weighted by Crippen LogP contribution is -2.28. The maximum absolute atomic E-state index is 12.6. The third-order valence-electron chi connectivity index (χ3n) is 7.15. The van der Waals surface area contributed by atoms with E-state index >= 15 is 0 Å². The van der Waals surface area contributed by atoms with Crippen molar-refractivity contribution in [1.29, 1.82) is 0 Å². The maximum atomic E-state index is 12.6. The molecule has 0 fully saturated rings. The highest BCUT2D eigenvalue weighted by molar-refractivity contribution is 5.77. The second-order valence-corrected chi connectivity index (χ2v) is 9.68. The molecule has 36 heavy (non-hydrogen) atoms. The zero-order valence-corrected chi connectivity index (χ0v) is 23.3. The summed E-state index contributed by atoms with van der Waals surface area (Å²) in [7, 11) is 0. The van der Waals surface area contributed by atoms with E-state index in [4.69, 9.17) is 4.99 Å². The van der Waals surface area contributed by atoms with E-state index in [1.165, 1.54) is 22.8 Å². The lowest BCUT2D eigenvalue weighted by Gasteiger charge is -2.36. The second-order valence-electron chi connectivity index (χ2n) is 9.68. The summed E-state index contributed by atoms with van der Waals surface area (Å²) in [6.07, 6.45) is 15.8. The zero-order valence-electron chi connectivity index (χ0n) is 23.3. The zero-order chi connectivity index (χ0) is 26.9. The molecule has 0 bridgehead atoms. The van der Waals surface area contributed by atoms with Crippen molar-refractivity contribution in [2.75, 3.05) is 0 Å². The summed E-state index contributed by atoms with van der Waals surface area (Å²) in [6.45, 7) is 23.7. The van der Waals surface area contributed by atoms with Gasteiger partial charge in [-0.05, 0) is 99.6 Å². The highest BCUT2D eigenvalue weighted by atomic mass is 19.1. The number of rotatable bonds is 11. The molecule has 0 saturated carbocycles. The first-order chi connectivity index (χ1) is 17.2. The minimum Gasteiger partial charge on any atom is -0.305 e. The Labute approximate surface area is 218 Å². The third kappa shape index (κ3) is 6.32. The fourth-order valence-electron chi connectivity index (χ4n) is 5.15. The lowest BCUT2D eigenvalue weighted by molar-refractivity contribution is 0.416. The molecule has 0 saturated heterocycles. The van der Waals surface area contributed by atoms with Crippen molar-refractivity contribution in [2.45, 2.75) is 79.6 Å². The molecule has 3 heteroatoms. The molecule has 0 amide bonds. The molecule has 1 aliphatic rings. The Bertz CT molecular complexity index is 1150. The summed E-state index contributed by atoms with van der Waals surface area (Å²) in [4.78, 5) is 6.67. The largest absolute Gasteiger partial charge is 0.305 e. The first kappa shape index (κ1) is 29.0. The predicted molar refractivity (Wildman–Crippen MR) is 156 cm³/mol. The van der Waals surface area contributed by atoms with Crippen LogP contribution in [0.4, 0.5) is 4.39 Å². The molecule has 1 aromatic carbocycles. The molecule has 1 heterocycles. The van der Waals surface area contributed by atoms with Gasteiger partial charge in [0.05, 0.1) is 18.4 Å². The number of allylic oxidation sites excluding steroid dienone is 9. The summed E-state index contributed by atoms with van der Waals surface area (Å²) in [5.41, 5.74) is 9.76. The van der Waals surface area contributed by atoms with Gasteiger partial charge in [-0.15, -0.1) is 0 Å². The monoisotopic (exact) mass is 486 g/mol. The van der Waals surface area contributed by atoms with Crippen LogP contribution in [0.25, 0.3) is 5.57 Å². The Morgan fingerprint density at radius 2 is 1.78 bits per heavy atom. The fraction of sp³-hybridized carbons (Fsp3) is 0.364. The van der Waals surface area contributed by atoms with Crippen molar-refractivity contribution in [2.24, 2.45) is 4.99 Å². The Hall–Kier alpha value is -3.20. The van der Waals surface area contributed by atoms with E-state index in [9.17, 15) is 4.39 Å². The first-order valence-corrected chi connectivity index (χ1v) is 13.0. The maximum Gasteiger partial charge on any atom is 0.1000 e.